The van der Waals surface area contributed by atoms with Crippen LogP contribution in [0.3, 0.4) is 0 Å². The third-order valence-corrected chi connectivity index (χ3v) is 5.46. The summed E-state index contributed by atoms with van der Waals surface area (Å²) in [6, 6.07) is 2.93. The molecule has 2 aromatic rings. The fraction of sp³-hybridized carbons (Fsp3) is 0.267. The number of fused-ring (bicyclic) bond motifs is 1. The maximum absolute atomic E-state index is 14.1. The van der Waals surface area contributed by atoms with Gasteiger partial charge in [-0.15, -0.1) is 0 Å². The standard InChI is InChI=1S/C15H14ClFN3O2P/c1-7-12-9(14(21)19-7)4-8(5-11(12)23(2,3)22)13-10(17)6-18-15(16)20-13/h4-7H,1-3H3,(H,19,21). The monoisotopic (exact) mass is 353 g/mol. The summed E-state index contributed by atoms with van der Waals surface area (Å²) in [5.74, 6) is -0.932. The van der Waals surface area contributed by atoms with Crippen LogP contribution < -0.4 is 10.6 Å². The number of aromatic nitrogens is 2. The first kappa shape index (κ1) is 16.1. The van der Waals surface area contributed by atoms with E-state index in [0.29, 0.717) is 22.0 Å². The van der Waals surface area contributed by atoms with Gasteiger partial charge in [-0.05, 0) is 49.6 Å². The van der Waals surface area contributed by atoms with E-state index in [1.807, 2.05) is 6.92 Å². The molecule has 0 saturated heterocycles. The van der Waals surface area contributed by atoms with Gasteiger partial charge in [-0.3, -0.25) is 4.79 Å². The van der Waals surface area contributed by atoms with Crippen molar-refractivity contribution in [1.29, 1.82) is 0 Å². The number of carbonyl (C=O) groups excluding carboxylic acids is 1. The molecule has 0 spiro atoms. The van der Waals surface area contributed by atoms with Gasteiger partial charge in [-0.25, -0.2) is 14.4 Å². The van der Waals surface area contributed by atoms with Crippen molar-refractivity contribution in [2.24, 2.45) is 0 Å². The van der Waals surface area contributed by atoms with E-state index < -0.39 is 13.0 Å². The van der Waals surface area contributed by atoms with Crippen molar-refractivity contribution in [1.82, 2.24) is 15.3 Å². The lowest BCUT2D eigenvalue weighted by Crippen LogP contribution is -2.18. The van der Waals surface area contributed by atoms with Crippen molar-refractivity contribution < 1.29 is 13.8 Å². The third-order valence-electron chi connectivity index (χ3n) is 3.75. The summed E-state index contributed by atoms with van der Waals surface area (Å²) in [7, 11) is -2.69. The zero-order chi connectivity index (χ0) is 16.9. The van der Waals surface area contributed by atoms with E-state index in [-0.39, 0.29) is 22.9 Å². The van der Waals surface area contributed by atoms with E-state index in [0.717, 1.165) is 6.20 Å². The summed E-state index contributed by atoms with van der Waals surface area (Å²) in [5, 5.41) is 3.23. The maximum Gasteiger partial charge on any atom is 0.252 e. The highest BCUT2D eigenvalue weighted by Gasteiger charge is 2.32. The van der Waals surface area contributed by atoms with Gasteiger partial charge in [0.05, 0.1) is 12.2 Å². The van der Waals surface area contributed by atoms with Crippen LogP contribution in [-0.2, 0) is 4.57 Å². The van der Waals surface area contributed by atoms with E-state index in [1.54, 1.807) is 25.5 Å². The number of nitrogens with one attached hydrogen (secondary N) is 1. The first-order valence-corrected chi connectivity index (χ1v) is 9.89. The number of hydrogen-bond donors (Lipinski definition) is 1. The predicted octanol–water partition coefficient (Wildman–Crippen LogP) is 2.99. The molecule has 120 valence electrons. The van der Waals surface area contributed by atoms with E-state index >= 15 is 0 Å². The van der Waals surface area contributed by atoms with E-state index in [2.05, 4.69) is 15.3 Å². The molecule has 2 heterocycles. The highest BCUT2D eigenvalue weighted by molar-refractivity contribution is 7.70. The Morgan fingerprint density at radius 2 is 2.04 bits per heavy atom. The second-order valence-electron chi connectivity index (χ2n) is 5.84. The van der Waals surface area contributed by atoms with Crippen LogP contribution in [0, 0.1) is 5.82 Å². The Balaban J connectivity index is 2.33. The molecule has 1 aromatic heterocycles. The fourth-order valence-electron chi connectivity index (χ4n) is 2.76. The number of benzene rings is 1. The molecule has 1 aromatic carbocycles. The Bertz CT molecular complexity index is 881. The maximum atomic E-state index is 14.1. The normalized spacial score (nSPS) is 17.1. The van der Waals surface area contributed by atoms with Crippen molar-refractivity contribution in [2.45, 2.75) is 13.0 Å². The Labute approximate surface area is 137 Å². The molecular weight excluding hydrogens is 340 g/mol. The first-order valence-electron chi connectivity index (χ1n) is 6.91. The Kier molecular flexibility index (Phi) is 3.77. The van der Waals surface area contributed by atoms with Gasteiger partial charge >= 0.3 is 0 Å². The molecule has 5 nitrogen and oxygen atoms in total. The highest BCUT2D eigenvalue weighted by atomic mass is 35.5. The van der Waals surface area contributed by atoms with E-state index in [9.17, 15) is 13.8 Å². The summed E-state index contributed by atoms with van der Waals surface area (Å²) in [6.45, 7) is 5.06. The zero-order valence-corrected chi connectivity index (χ0v) is 14.4. The average molecular weight is 354 g/mol. The summed E-state index contributed by atoms with van der Waals surface area (Å²) < 4.78 is 26.7. The van der Waals surface area contributed by atoms with Gasteiger partial charge in [0.2, 0.25) is 5.28 Å². The van der Waals surface area contributed by atoms with Gasteiger partial charge in [0, 0.05) is 16.4 Å². The molecule has 8 heteroatoms. The minimum absolute atomic E-state index is 0.0187. The van der Waals surface area contributed by atoms with Crippen LogP contribution in [0.2, 0.25) is 5.28 Å². The van der Waals surface area contributed by atoms with Crippen LogP contribution in [-0.4, -0.2) is 29.2 Å². The van der Waals surface area contributed by atoms with E-state index in [4.69, 9.17) is 11.6 Å². The summed E-state index contributed by atoms with van der Waals surface area (Å²) >= 11 is 5.74. The topological polar surface area (TPSA) is 72.0 Å². The number of halogens is 2. The summed E-state index contributed by atoms with van der Waals surface area (Å²) in [4.78, 5) is 19.6. The molecule has 0 bridgehead atoms. The smallest absolute Gasteiger partial charge is 0.252 e. The third kappa shape index (κ3) is 2.77. The van der Waals surface area contributed by atoms with E-state index in [1.165, 1.54) is 0 Å². The Morgan fingerprint density at radius 3 is 2.70 bits per heavy atom. The molecule has 1 aliphatic rings. The number of nitrogens with zero attached hydrogens (tertiary/aromatic N) is 2. The van der Waals surface area contributed by atoms with Crippen molar-refractivity contribution in [3.05, 3.63) is 40.6 Å². The zero-order valence-electron chi connectivity index (χ0n) is 12.7. The molecule has 1 atom stereocenters. The summed E-state index contributed by atoms with van der Waals surface area (Å²) in [6.07, 6.45) is 0.970. The molecule has 0 radical (unpaired) electrons. The van der Waals surface area contributed by atoms with Gasteiger partial charge in [-0.1, -0.05) is 0 Å². The predicted molar refractivity (Wildman–Crippen MR) is 87.4 cm³/mol. The van der Waals surface area contributed by atoms with Gasteiger partial charge in [-0.2, -0.15) is 0 Å². The number of rotatable bonds is 2. The average Bonchev–Trinajstić information content (AvgIpc) is 2.75. The quantitative estimate of drug-likeness (QED) is 0.665. The Morgan fingerprint density at radius 1 is 1.35 bits per heavy atom. The van der Waals surface area contributed by atoms with Gasteiger partial charge < -0.3 is 9.88 Å². The lowest BCUT2D eigenvalue weighted by molar-refractivity contribution is 0.0958. The van der Waals surface area contributed by atoms with Crippen LogP contribution in [0.15, 0.2) is 18.3 Å². The van der Waals surface area contributed by atoms with Crippen molar-refractivity contribution >= 4 is 30.0 Å². The fourth-order valence-corrected chi connectivity index (χ4v) is 4.24. The number of hydrogen-bond acceptors (Lipinski definition) is 4. The molecule has 1 unspecified atom stereocenters. The molecule has 23 heavy (non-hydrogen) atoms. The minimum Gasteiger partial charge on any atom is -0.345 e. The molecule has 3 rings (SSSR count). The van der Waals surface area contributed by atoms with Crippen LogP contribution in [0.5, 0.6) is 0 Å². The molecule has 1 N–H and O–H groups in total. The first-order chi connectivity index (χ1) is 10.7. The van der Waals surface area contributed by atoms with Gasteiger partial charge in [0.15, 0.2) is 5.82 Å². The SMILES string of the molecule is CC1NC(=O)c2cc(-c3nc(Cl)ncc3F)cc(P(C)(C)=O)c21. The minimum atomic E-state index is -2.69. The van der Waals surface area contributed by atoms with Gasteiger partial charge in [0.1, 0.15) is 12.8 Å². The van der Waals surface area contributed by atoms with Crippen molar-refractivity contribution in [3.8, 4) is 11.3 Å². The van der Waals surface area contributed by atoms with Crippen LogP contribution in [0.1, 0.15) is 28.9 Å². The van der Waals surface area contributed by atoms with Crippen LogP contribution >= 0.6 is 18.7 Å². The summed E-state index contributed by atoms with van der Waals surface area (Å²) in [5.41, 5.74) is 1.43. The van der Waals surface area contributed by atoms with Crippen LogP contribution in [0.4, 0.5) is 4.39 Å². The largest absolute Gasteiger partial charge is 0.345 e. The van der Waals surface area contributed by atoms with Gasteiger partial charge in [0.25, 0.3) is 5.91 Å². The molecule has 0 aliphatic carbocycles. The molecular formula is C15H14ClFN3O2P. The van der Waals surface area contributed by atoms with Crippen LogP contribution in [0.25, 0.3) is 11.3 Å². The Hall–Kier alpha value is -1.78. The second kappa shape index (κ2) is 5.39. The molecule has 1 aliphatic heterocycles. The molecule has 0 saturated carbocycles. The lowest BCUT2D eigenvalue weighted by Gasteiger charge is -2.16. The second-order valence-corrected chi connectivity index (χ2v) is 9.36. The number of amides is 1. The van der Waals surface area contributed by atoms with Crippen molar-refractivity contribution in [2.75, 3.05) is 13.3 Å². The highest BCUT2D eigenvalue weighted by Crippen LogP contribution is 2.42. The lowest BCUT2D eigenvalue weighted by atomic mass is 10.0. The molecule has 1 amide bonds. The van der Waals surface area contributed by atoms with Crippen molar-refractivity contribution in [3.63, 3.8) is 0 Å². The molecule has 0 fully saturated rings. The number of carbonyl (C=O) groups is 1.